The van der Waals surface area contributed by atoms with Crippen molar-refractivity contribution < 1.29 is 24.0 Å². The standard InChI is InChI=1S/C19H31NO5/c1-10(2)20-16(21)15-12(4)14-7-6-11(3)13-8-9-18(5)23-17(22-15)19(13,14)25-24-18/h10-15,17H,6-9H2,1-5H3,(H,20,21)/t11-,12-,13+,14+,15-,17-,18-,19-/m1/s1. The largest absolute Gasteiger partial charge is 0.352 e. The molecule has 0 aromatic carbocycles. The van der Waals surface area contributed by atoms with Crippen LogP contribution in [0.5, 0.6) is 0 Å². The molecular weight excluding hydrogens is 322 g/mol. The van der Waals surface area contributed by atoms with Crippen molar-refractivity contribution in [1.29, 1.82) is 0 Å². The van der Waals surface area contributed by atoms with Crippen molar-refractivity contribution in [2.75, 3.05) is 0 Å². The van der Waals surface area contributed by atoms with E-state index < -0.39 is 23.8 Å². The van der Waals surface area contributed by atoms with Crippen LogP contribution in [0, 0.1) is 23.7 Å². The van der Waals surface area contributed by atoms with E-state index >= 15 is 0 Å². The molecule has 142 valence electrons. The van der Waals surface area contributed by atoms with E-state index in [0.29, 0.717) is 11.8 Å². The van der Waals surface area contributed by atoms with Crippen molar-refractivity contribution in [1.82, 2.24) is 5.32 Å². The first-order valence-corrected chi connectivity index (χ1v) is 9.77. The Hall–Kier alpha value is -0.690. The topological polar surface area (TPSA) is 66.0 Å². The third-order valence-corrected chi connectivity index (χ3v) is 6.85. The number of carbonyl (C=O) groups is 1. The molecule has 6 heteroatoms. The normalized spacial score (nSPS) is 51.8. The van der Waals surface area contributed by atoms with E-state index in [9.17, 15) is 4.79 Å². The molecule has 5 rings (SSSR count). The number of ether oxygens (including phenoxy) is 2. The van der Waals surface area contributed by atoms with Crippen LogP contribution in [0.3, 0.4) is 0 Å². The van der Waals surface area contributed by atoms with Gasteiger partial charge in [-0.1, -0.05) is 13.8 Å². The summed E-state index contributed by atoms with van der Waals surface area (Å²) < 4.78 is 12.5. The van der Waals surface area contributed by atoms with Gasteiger partial charge in [0.15, 0.2) is 11.9 Å². The van der Waals surface area contributed by atoms with Crippen molar-refractivity contribution in [3.8, 4) is 0 Å². The number of hydrogen-bond donors (Lipinski definition) is 1. The van der Waals surface area contributed by atoms with Crippen LogP contribution in [-0.2, 0) is 24.0 Å². The minimum atomic E-state index is -0.794. The van der Waals surface area contributed by atoms with Gasteiger partial charge in [-0.3, -0.25) is 4.79 Å². The van der Waals surface area contributed by atoms with Crippen LogP contribution in [0.4, 0.5) is 0 Å². The van der Waals surface area contributed by atoms with Gasteiger partial charge >= 0.3 is 0 Å². The van der Waals surface area contributed by atoms with Crippen molar-refractivity contribution in [3.05, 3.63) is 0 Å². The van der Waals surface area contributed by atoms with Gasteiger partial charge in [0.1, 0.15) is 6.10 Å². The number of nitrogens with one attached hydrogen (secondary N) is 1. The highest BCUT2D eigenvalue weighted by atomic mass is 17.3. The van der Waals surface area contributed by atoms with Crippen LogP contribution in [0.15, 0.2) is 0 Å². The van der Waals surface area contributed by atoms with Gasteiger partial charge in [0.2, 0.25) is 11.7 Å². The molecule has 6 nitrogen and oxygen atoms in total. The lowest BCUT2D eigenvalue weighted by molar-refractivity contribution is -0.569. The van der Waals surface area contributed by atoms with Crippen molar-refractivity contribution >= 4 is 5.91 Å². The third-order valence-electron chi connectivity index (χ3n) is 6.85. The lowest BCUT2D eigenvalue weighted by Crippen LogP contribution is -2.71. The quantitative estimate of drug-likeness (QED) is 0.773. The zero-order chi connectivity index (χ0) is 18.0. The summed E-state index contributed by atoms with van der Waals surface area (Å²) in [6.07, 6.45) is 2.88. The van der Waals surface area contributed by atoms with Gasteiger partial charge in [0.05, 0.1) is 0 Å². The Morgan fingerprint density at radius 2 is 1.88 bits per heavy atom. The molecule has 8 atom stereocenters. The molecule has 1 spiro atoms. The molecular formula is C19H31NO5. The van der Waals surface area contributed by atoms with Crippen LogP contribution < -0.4 is 5.32 Å². The third kappa shape index (κ3) is 2.56. The summed E-state index contributed by atoms with van der Waals surface area (Å²) in [5.74, 6) is 0.261. The predicted octanol–water partition coefficient (Wildman–Crippen LogP) is 2.76. The van der Waals surface area contributed by atoms with E-state index in [-0.39, 0.29) is 23.8 Å². The Kier molecular flexibility index (Phi) is 4.19. The van der Waals surface area contributed by atoms with Crippen LogP contribution >= 0.6 is 0 Å². The van der Waals surface area contributed by atoms with Gasteiger partial charge in [-0.2, -0.15) is 0 Å². The second kappa shape index (κ2) is 5.91. The molecule has 1 N–H and O–H groups in total. The zero-order valence-corrected chi connectivity index (χ0v) is 15.9. The van der Waals surface area contributed by atoms with E-state index in [1.54, 1.807) is 0 Å². The highest BCUT2D eigenvalue weighted by Crippen LogP contribution is 2.60. The van der Waals surface area contributed by atoms with Gasteiger partial charge in [-0.15, -0.1) is 0 Å². The van der Waals surface area contributed by atoms with E-state index in [1.807, 2.05) is 20.8 Å². The fraction of sp³-hybridized carbons (Fsp3) is 0.947. The van der Waals surface area contributed by atoms with Crippen LogP contribution in [0.25, 0.3) is 0 Å². The van der Waals surface area contributed by atoms with E-state index in [2.05, 4.69) is 19.2 Å². The minimum absolute atomic E-state index is 0.0534. The Bertz CT molecular complexity index is 554. The van der Waals surface area contributed by atoms with E-state index in [4.69, 9.17) is 19.2 Å². The molecule has 5 aliphatic rings. The molecule has 0 radical (unpaired) electrons. The van der Waals surface area contributed by atoms with Gasteiger partial charge in [0.25, 0.3) is 0 Å². The average molecular weight is 353 g/mol. The molecule has 1 aliphatic carbocycles. The summed E-state index contributed by atoms with van der Waals surface area (Å²) in [4.78, 5) is 24.6. The first-order valence-electron chi connectivity index (χ1n) is 9.77. The second-order valence-electron chi connectivity index (χ2n) is 8.99. The summed E-state index contributed by atoms with van der Waals surface area (Å²) in [5, 5.41) is 3.00. The Morgan fingerprint density at radius 1 is 1.12 bits per heavy atom. The van der Waals surface area contributed by atoms with Gasteiger partial charge in [-0.05, 0) is 57.8 Å². The SMILES string of the molecule is CC(C)NC(=O)[C@@H]1O[C@@H]2O[C@@]3(C)CC[C@H]4[C@H](C)CC[C@@H]([C@H]1C)[C@@]24OO3. The van der Waals surface area contributed by atoms with Crippen LogP contribution in [-0.4, -0.2) is 35.7 Å². The lowest BCUT2D eigenvalue weighted by Gasteiger charge is -2.60. The molecule has 1 saturated carbocycles. The summed E-state index contributed by atoms with van der Waals surface area (Å²) in [6, 6.07) is 0.0851. The molecule has 0 unspecified atom stereocenters. The lowest BCUT2D eigenvalue weighted by atomic mass is 9.57. The molecule has 0 aromatic rings. The average Bonchev–Trinajstić information content (AvgIpc) is 2.76. The highest BCUT2D eigenvalue weighted by molar-refractivity contribution is 5.81. The van der Waals surface area contributed by atoms with Crippen LogP contribution in [0.2, 0.25) is 0 Å². The van der Waals surface area contributed by atoms with Crippen LogP contribution in [0.1, 0.15) is 60.3 Å². The summed E-state index contributed by atoms with van der Waals surface area (Å²) in [7, 11) is 0. The van der Waals surface area contributed by atoms with Crippen molar-refractivity contribution in [2.45, 2.75) is 90.1 Å². The fourth-order valence-corrected chi connectivity index (χ4v) is 5.57. The van der Waals surface area contributed by atoms with Gasteiger partial charge in [0, 0.05) is 18.4 Å². The first-order chi connectivity index (χ1) is 11.8. The maximum absolute atomic E-state index is 12.7. The van der Waals surface area contributed by atoms with Gasteiger partial charge in [-0.25, -0.2) is 9.78 Å². The maximum atomic E-state index is 12.7. The number of amides is 1. The number of carbonyl (C=O) groups excluding carboxylic acids is 1. The molecule has 4 saturated heterocycles. The monoisotopic (exact) mass is 353 g/mol. The number of fused-ring (bicyclic) bond motifs is 2. The summed E-state index contributed by atoms with van der Waals surface area (Å²) >= 11 is 0. The highest BCUT2D eigenvalue weighted by Gasteiger charge is 2.69. The first kappa shape index (κ1) is 17.7. The number of rotatable bonds is 2. The summed E-state index contributed by atoms with van der Waals surface area (Å²) in [6.45, 7) is 10.2. The van der Waals surface area contributed by atoms with E-state index in [1.165, 1.54) is 0 Å². The molecule has 4 heterocycles. The predicted molar refractivity (Wildman–Crippen MR) is 90.1 cm³/mol. The Morgan fingerprint density at radius 3 is 2.60 bits per heavy atom. The molecule has 25 heavy (non-hydrogen) atoms. The molecule has 4 aliphatic heterocycles. The Balaban J connectivity index is 1.71. The second-order valence-corrected chi connectivity index (χ2v) is 8.99. The molecule has 1 amide bonds. The minimum Gasteiger partial charge on any atom is -0.352 e. The fourth-order valence-electron chi connectivity index (χ4n) is 5.57. The molecule has 5 fully saturated rings. The number of hydrogen-bond acceptors (Lipinski definition) is 5. The van der Waals surface area contributed by atoms with E-state index in [0.717, 1.165) is 25.7 Å². The Labute approximate surface area is 149 Å². The summed E-state index contributed by atoms with van der Waals surface area (Å²) in [5.41, 5.74) is -0.596. The smallest absolute Gasteiger partial charge is 0.249 e. The van der Waals surface area contributed by atoms with Crippen molar-refractivity contribution in [2.24, 2.45) is 23.7 Å². The zero-order valence-electron chi connectivity index (χ0n) is 15.9. The molecule has 2 bridgehead atoms. The maximum Gasteiger partial charge on any atom is 0.249 e. The van der Waals surface area contributed by atoms with Crippen molar-refractivity contribution in [3.63, 3.8) is 0 Å². The van der Waals surface area contributed by atoms with Gasteiger partial charge < -0.3 is 14.8 Å². The molecule has 0 aromatic heterocycles.